The summed E-state index contributed by atoms with van der Waals surface area (Å²) in [5.74, 6) is 0.490. The van der Waals surface area contributed by atoms with Gasteiger partial charge in [0.1, 0.15) is 0 Å². The molecule has 0 saturated heterocycles. The van der Waals surface area contributed by atoms with E-state index in [9.17, 15) is 4.79 Å². The largest absolute Gasteiger partial charge is 0.353 e. The molecular formula is C15H22Cl2N2O. The molecule has 0 spiro atoms. The van der Waals surface area contributed by atoms with Crippen molar-refractivity contribution in [3.05, 3.63) is 34.9 Å². The number of benzene rings is 1. The quantitative estimate of drug-likeness (QED) is 0.897. The topological polar surface area (TPSA) is 55.1 Å². The molecule has 2 rings (SSSR count). The van der Waals surface area contributed by atoms with Gasteiger partial charge in [0.15, 0.2) is 0 Å². The number of hydrogen-bond acceptors (Lipinski definition) is 2. The molecule has 5 heteroatoms. The number of nitrogens with two attached hydrogens (primary N) is 1. The first-order valence-electron chi connectivity index (χ1n) is 6.93. The third kappa shape index (κ3) is 4.97. The van der Waals surface area contributed by atoms with Crippen molar-refractivity contribution in [2.24, 2.45) is 11.7 Å². The van der Waals surface area contributed by atoms with Crippen LogP contribution in [0, 0.1) is 5.92 Å². The summed E-state index contributed by atoms with van der Waals surface area (Å²) in [6, 6.07) is 7.68. The van der Waals surface area contributed by atoms with Crippen molar-refractivity contribution in [3.63, 3.8) is 0 Å². The second-order valence-corrected chi connectivity index (χ2v) is 5.70. The standard InChI is InChI=1S/C15H21ClN2O.ClH/c16-13-6-3-4-11(8-13)9-15(19)18-14-7-2-1-5-12(14)10-17;/h3-4,6,8,12,14H,1-2,5,7,9-10,17H2,(H,18,19);1H. The fourth-order valence-electron chi connectivity index (χ4n) is 2.77. The monoisotopic (exact) mass is 316 g/mol. The molecular weight excluding hydrogens is 295 g/mol. The lowest BCUT2D eigenvalue weighted by Gasteiger charge is -2.31. The SMILES string of the molecule is Cl.NCC1CCCCC1NC(=O)Cc1cccc(Cl)c1. The maximum absolute atomic E-state index is 12.1. The first kappa shape index (κ1) is 17.3. The Bertz CT molecular complexity index is 440. The van der Waals surface area contributed by atoms with Gasteiger partial charge in [-0.25, -0.2) is 0 Å². The van der Waals surface area contributed by atoms with Crippen LogP contribution in [0.2, 0.25) is 5.02 Å². The molecule has 0 aliphatic heterocycles. The van der Waals surface area contributed by atoms with Crippen molar-refractivity contribution in [1.29, 1.82) is 0 Å². The molecule has 1 amide bonds. The highest BCUT2D eigenvalue weighted by atomic mass is 35.5. The van der Waals surface area contributed by atoms with Crippen LogP contribution in [0.5, 0.6) is 0 Å². The number of rotatable bonds is 4. The zero-order valence-electron chi connectivity index (χ0n) is 11.5. The number of amides is 1. The number of halogens is 2. The highest BCUT2D eigenvalue weighted by Gasteiger charge is 2.25. The zero-order valence-corrected chi connectivity index (χ0v) is 13.1. The minimum atomic E-state index is 0. The molecule has 0 heterocycles. The fraction of sp³-hybridized carbons (Fsp3) is 0.533. The number of carbonyl (C=O) groups is 1. The Hall–Kier alpha value is -0.770. The van der Waals surface area contributed by atoms with Crippen molar-refractivity contribution >= 4 is 29.9 Å². The maximum atomic E-state index is 12.1. The highest BCUT2D eigenvalue weighted by Crippen LogP contribution is 2.23. The molecule has 1 fully saturated rings. The average Bonchev–Trinajstić information content (AvgIpc) is 2.39. The third-order valence-corrected chi connectivity index (χ3v) is 4.05. The van der Waals surface area contributed by atoms with E-state index in [0.717, 1.165) is 18.4 Å². The zero-order chi connectivity index (χ0) is 13.7. The summed E-state index contributed by atoms with van der Waals surface area (Å²) >= 11 is 5.92. The molecule has 1 aliphatic rings. The second-order valence-electron chi connectivity index (χ2n) is 5.26. The van der Waals surface area contributed by atoms with Gasteiger partial charge in [0.25, 0.3) is 0 Å². The van der Waals surface area contributed by atoms with Crippen LogP contribution in [0.25, 0.3) is 0 Å². The van der Waals surface area contributed by atoms with E-state index in [1.165, 1.54) is 12.8 Å². The summed E-state index contributed by atoms with van der Waals surface area (Å²) in [6.07, 6.45) is 4.96. The van der Waals surface area contributed by atoms with E-state index in [-0.39, 0.29) is 24.4 Å². The molecule has 1 aliphatic carbocycles. The second kappa shape index (κ2) is 8.50. The molecule has 3 N–H and O–H groups in total. The summed E-state index contributed by atoms with van der Waals surface area (Å²) in [7, 11) is 0. The Labute approximate surface area is 131 Å². The lowest BCUT2D eigenvalue weighted by Crippen LogP contribution is -2.45. The Morgan fingerprint density at radius 1 is 1.35 bits per heavy atom. The molecule has 2 atom stereocenters. The molecule has 2 unspecified atom stereocenters. The van der Waals surface area contributed by atoms with Crippen LogP contribution in [0.1, 0.15) is 31.2 Å². The molecule has 0 bridgehead atoms. The van der Waals surface area contributed by atoms with Crippen LogP contribution in [0.3, 0.4) is 0 Å². The van der Waals surface area contributed by atoms with Crippen molar-refractivity contribution in [2.75, 3.05) is 6.54 Å². The predicted molar refractivity (Wildman–Crippen MR) is 85.3 cm³/mol. The summed E-state index contributed by atoms with van der Waals surface area (Å²) in [6.45, 7) is 0.655. The van der Waals surface area contributed by atoms with Crippen LogP contribution >= 0.6 is 24.0 Å². The smallest absolute Gasteiger partial charge is 0.224 e. The lowest BCUT2D eigenvalue weighted by atomic mass is 9.84. The Balaban J connectivity index is 0.00000200. The van der Waals surface area contributed by atoms with E-state index in [4.69, 9.17) is 17.3 Å². The summed E-state index contributed by atoms with van der Waals surface area (Å²) in [4.78, 5) is 12.1. The first-order valence-corrected chi connectivity index (χ1v) is 7.30. The van der Waals surface area contributed by atoms with Gasteiger partial charge < -0.3 is 11.1 Å². The molecule has 20 heavy (non-hydrogen) atoms. The van der Waals surface area contributed by atoms with Gasteiger partial charge in [0, 0.05) is 11.1 Å². The van der Waals surface area contributed by atoms with Gasteiger partial charge in [0.2, 0.25) is 5.91 Å². The van der Waals surface area contributed by atoms with Gasteiger partial charge in [-0.2, -0.15) is 0 Å². The number of hydrogen-bond donors (Lipinski definition) is 2. The highest BCUT2D eigenvalue weighted by molar-refractivity contribution is 6.30. The Morgan fingerprint density at radius 3 is 2.80 bits per heavy atom. The van der Waals surface area contributed by atoms with Crippen LogP contribution in [0.15, 0.2) is 24.3 Å². The van der Waals surface area contributed by atoms with E-state index in [2.05, 4.69) is 5.32 Å². The normalized spacial score (nSPS) is 21.9. The molecule has 1 aromatic rings. The molecule has 0 aromatic heterocycles. The van der Waals surface area contributed by atoms with Gasteiger partial charge in [-0.1, -0.05) is 36.6 Å². The first-order chi connectivity index (χ1) is 9.19. The van der Waals surface area contributed by atoms with Crippen molar-refractivity contribution in [2.45, 2.75) is 38.1 Å². The average molecular weight is 317 g/mol. The molecule has 1 aromatic carbocycles. The third-order valence-electron chi connectivity index (χ3n) is 3.81. The maximum Gasteiger partial charge on any atom is 0.224 e. The molecule has 0 radical (unpaired) electrons. The Morgan fingerprint density at radius 2 is 2.10 bits per heavy atom. The van der Waals surface area contributed by atoms with Crippen molar-refractivity contribution in [1.82, 2.24) is 5.32 Å². The van der Waals surface area contributed by atoms with Crippen LogP contribution < -0.4 is 11.1 Å². The minimum Gasteiger partial charge on any atom is -0.353 e. The summed E-state index contributed by atoms with van der Waals surface area (Å²) < 4.78 is 0. The van der Waals surface area contributed by atoms with E-state index in [0.29, 0.717) is 23.9 Å². The van der Waals surface area contributed by atoms with E-state index >= 15 is 0 Å². The van der Waals surface area contributed by atoms with Crippen molar-refractivity contribution in [3.8, 4) is 0 Å². The summed E-state index contributed by atoms with van der Waals surface area (Å²) in [5, 5.41) is 3.80. The number of carbonyl (C=O) groups excluding carboxylic acids is 1. The van der Waals surface area contributed by atoms with E-state index in [1.54, 1.807) is 0 Å². The van der Waals surface area contributed by atoms with E-state index in [1.807, 2.05) is 24.3 Å². The number of nitrogens with one attached hydrogen (secondary N) is 1. The van der Waals surface area contributed by atoms with Crippen LogP contribution in [0.4, 0.5) is 0 Å². The lowest BCUT2D eigenvalue weighted by molar-refractivity contribution is -0.121. The van der Waals surface area contributed by atoms with Crippen LogP contribution in [-0.2, 0) is 11.2 Å². The molecule has 112 valence electrons. The van der Waals surface area contributed by atoms with E-state index < -0.39 is 0 Å². The molecule has 1 saturated carbocycles. The van der Waals surface area contributed by atoms with Gasteiger partial charge in [0.05, 0.1) is 6.42 Å². The van der Waals surface area contributed by atoms with Gasteiger partial charge in [-0.15, -0.1) is 12.4 Å². The van der Waals surface area contributed by atoms with Crippen LogP contribution in [-0.4, -0.2) is 18.5 Å². The minimum absolute atomic E-state index is 0. The van der Waals surface area contributed by atoms with Gasteiger partial charge in [-0.05, 0) is 43.0 Å². The Kier molecular flexibility index (Phi) is 7.35. The van der Waals surface area contributed by atoms with Crippen molar-refractivity contribution < 1.29 is 4.79 Å². The van der Waals surface area contributed by atoms with Gasteiger partial charge in [-0.3, -0.25) is 4.79 Å². The predicted octanol–water partition coefficient (Wildman–Crippen LogP) is 2.94. The molecule has 3 nitrogen and oxygen atoms in total. The van der Waals surface area contributed by atoms with Gasteiger partial charge >= 0.3 is 0 Å². The fourth-order valence-corrected chi connectivity index (χ4v) is 2.98. The summed E-state index contributed by atoms with van der Waals surface area (Å²) in [5.41, 5.74) is 6.72.